The Morgan fingerprint density at radius 2 is 1.81 bits per heavy atom. The Kier molecular flexibility index (Phi) is 6.28. The Morgan fingerprint density at radius 1 is 1.06 bits per heavy atom. The molecule has 0 bridgehead atoms. The first-order valence-electron chi connectivity index (χ1n) is 10.3. The molecule has 0 radical (unpaired) electrons. The molecule has 2 saturated heterocycles. The molecule has 0 aliphatic carbocycles. The van der Waals surface area contributed by atoms with Crippen LogP contribution in [-0.2, 0) is 4.74 Å². The van der Waals surface area contributed by atoms with Crippen LogP contribution in [0.1, 0.15) is 10.4 Å². The molecular weight excluding hydrogens is 400 g/mol. The average molecular weight is 426 g/mol. The van der Waals surface area contributed by atoms with E-state index in [1.807, 2.05) is 11.0 Å². The van der Waals surface area contributed by atoms with Gasteiger partial charge in [0.2, 0.25) is 0 Å². The summed E-state index contributed by atoms with van der Waals surface area (Å²) in [5.74, 6) is 0.461. The monoisotopic (exact) mass is 426 g/mol. The maximum atomic E-state index is 12.7. The van der Waals surface area contributed by atoms with Gasteiger partial charge in [-0.1, -0.05) is 0 Å². The molecule has 2 fully saturated rings. The van der Waals surface area contributed by atoms with Crippen LogP contribution >= 0.6 is 0 Å². The highest BCUT2D eigenvalue weighted by Crippen LogP contribution is 2.30. The van der Waals surface area contributed by atoms with Gasteiger partial charge in [-0.25, -0.2) is 4.98 Å². The number of carbonyl (C=O) groups excluding carboxylic acids is 1. The number of nitrogens with one attached hydrogen (secondary N) is 1. The van der Waals surface area contributed by atoms with Crippen LogP contribution in [0.2, 0.25) is 0 Å². The van der Waals surface area contributed by atoms with Crippen molar-refractivity contribution in [2.75, 3.05) is 74.6 Å². The zero-order valence-corrected chi connectivity index (χ0v) is 17.5. The standard InChI is InChI=1S/C21H26N6O4/c1-24-6-8-26(9-7-24)20-5-3-17(15-22-20)23-21(28)16-2-4-18(19(14-16)27(29)30)25-10-12-31-13-11-25/h2-5,14-15H,6-13H2,1H3,(H,23,28). The number of nitrogens with zero attached hydrogens (tertiary/aromatic N) is 5. The summed E-state index contributed by atoms with van der Waals surface area (Å²) in [7, 11) is 2.10. The van der Waals surface area contributed by atoms with Crippen molar-refractivity contribution < 1.29 is 14.5 Å². The summed E-state index contributed by atoms with van der Waals surface area (Å²) in [5, 5.41) is 14.4. The van der Waals surface area contributed by atoms with Gasteiger partial charge >= 0.3 is 0 Å². The Hall–Kier alpha value is -3.24. The minimum absolute atomic E-state index is 0.0851. The lowest BCUT2D eigenvalue weighted by atomic mass is 10.1. The zero-order valence-electron chi connectivity index (χ0n) is 17.5. The van der Waals surface area contributed by atoms with Crippen molar-refractivity contribution in [2.45, 2.75) is 0 Å². The summed E-state index contributed by atoms with van der Waals surface area (Å²) in [6.45, 7) is 6.00. The summed E-state index contributed by atoms with van der Waals surface area (Å²) >= 11 is 0. The molecule has 1 aromatic heterocycles. The van der Waals surface area contributed by atoms with E-state index in [1.165, 1.54) is 6.07 Å². The molecule has 164 valence electrons. The third-order valence-electron chi connectivity index (χ3n) is 5.62. The average Bonchev–Trinajstić information content (AvgIpc) is 2.80. The van der Waals surface area contributed by atoms with E-state index in [1.54, 1.807) is 24.4 Å². The van der Waals surface area contributed by atoms with Crippen molar-refractivity contribution in [2.24, 2.45) is 0 Å². The number of anilines is 3. The molecule has 10 heteroatoms. The molecule has 0 saturated carbocycles. The normalized spacial score (nSPS) is 17.5. The quantitative estimate of drug-likeness (QED) is 0.570. The molecule has 0 unspecified atom stereocenters. The molecule has 4 rings (SSSR count). The summed E-state index contributed by atoms with van der Waals surface area (Å²) in [5.41, 5.74) is 1.19. The predicted octanol–water partition coefficient (Wildman–Crippen LogP) is 1.83. The fraction of sp³-hybridized carbons (Fsp3) is 0.429. The number of pyridine rings is 1. The molecule has 2 aromatic rings. The van der Waals surface area contributed by atoms with Gasteiger partial charge in [-0.05, 0) is 31.3 Å². The van der Waals surface area contributed by atoms with E-state index in [9.17, 15) is 14.9 Å². The Balaban J connectivity index is 1.45. The molecule has 3 heterocycles. The van der Waals surface area contributed by atoms with Gasteiger partial charge in [-0.3, -0.25) is 14.9 Å². The maximum Gasteiger partial charge on any atom is 0.293 e. The van der Waals surface area contributed by atoms with Crippen molar-refractivity contribution in [1.29, 1.82) is 0 Å². The molecule has 2 aliphatic rings. The number of benzene rings is 1. The van der Waals surface area contributed by atoms with Crippen LogP contribution in [0.5, 0.6) is 0 Å². The van der Waals surface area contributed by atoms with Crippen LogP contribution in [0.25, 0.3) is 0 Å². The molecule has 10 nitrogen and oxygen atoms in total. The third kappa shape index (κ3) is 4.92. The van der Waals surface area contributed by atoms with Gasteiger partial charge in [0.1, 0.15) is 11.5 Å². The number of piperazine rings is 1. The number of hydrogen-bond acceptors (Lipinski definition) is 8. The fourth-order valence-corrected chi connectivity index (χ4v) is 3.77. The number of aromatic nitrogens is 1. The largest absolute Gasteiger partial charge is 0.378 e. The zero-order chi connectivity index (χ0) is 21.8. The molecule has 31 heavy (non-hydrogen) atoms. The topological polar surface area (TPSA) is 104 Å². The van der Waals surface area contributed by atoms with Crippen LogP contribution in [0.3, 0.4) is 0 Å². The van der Waals surface area contributed by atoms with Crippen molar-refractivity contribution >= 4 is 28.8 Å². The van der Waals surface area contributed by atoms with E-state index < -0.39 is 10.8 Å². The van der Waals surface area contributed by atoms with Gasteiger partial charge in [0, 0.05) is 50.9 Å². The number of hydrogen-bond donors (Lipinski definition) is 1. The van der Waals surface area contributed by atoms with E-state index in [4.69, 9.17) is 4.74 Å². The van der Waals surface area contributed by atoms with Gasteiger partial charge in [-0.2, -0.15) is 0 Å². The minimum Gasteiger partial charge on any atom is -0.378 e. The first-order valence-corrected chi connectivity index (χ1v) is 10.3. The van der Waals surface area contributed by atoms with Crippen molar-refractivity contribution in [3.05, 3.63) is 52.2 Å². The van der Waals surface area contributed by atoms with Gasteiger partial charge in [-0.15, -0.1) is 0 Å². The molecule has 0 spiro atoms. The smallest absolute Gasteiger partial charge is 0.293 e. The highest BCUT2D eigenvalue weighted by Gasteiger charge is 2.23. The Bertz CT molecular complexity index is 937. The minimum atomic E-state index is -0.450. The molecular formula is C21H26N6O4. The van der Waals surface area contributed by atoms with E-state index in [0.717, 1.165) is 32.0 Å². The second-order valence-electron chi connectivity index (χ2n) is 7.71. The van der Waals surface area contributed by atoms with Crippen molar-refractivity contribution in [3.63, 3.8) is 0 Å². The second-order valence-corrected chi connectivity index (χ2v) is 7.71. The number of rotatable bonds is 5. The third-order valence-corrected chi connectivity index (χ3v) is 5.62. The number of nitro benzene ring substituents is 1. The van der Waals surface area contributed by atoms with E-state index >= 15 is 0 Å². The Morgan fingerprint density at radius 3 is 2.45 bits per heavy atom. The Labute approximate surface area is 180 Å². The fourth-order valence-electron chi connectivity index (χ4n) is 3.77. The highest BCUT2D eigenvalue weighted by molar-refractivity contribution is 6.05. The van der Waals surface area contributed by atoms with Crippen LogP contribution in [0.15, 0.2) is 36.5 Å². The molecule has 2 aliphatic heterocycles. The van der Waals surface area contributed by atoms with Gasteiger partial charge in [0.05, 0.1) is 30.0 Å². The molecule has 1 N–H and O–H groups in total. The lowest BCUT2D eigenvalue weighted by Crippen LogP contribution is -2.44. The predicted molar refractivity (Wildman–Crippen MR) is 118 cm³/mol. The summed E-state index contributed by atoms with van der Waals surface area (Å²) in [6, 6.07) is 8.25. The van der Waals surface area contributed by atoms with Crippen LogP contribution in [0, 0.1) is 10.1 Å². The number of nitro groups is 1. The van der Waals surface area contributed by atoms with Crippen molar-refractivity contribution in [3.8, 4) is 0 Å². The number of ether oxygens (including phenoxy) is 1. The number of carbonyl (C=O) groups is 1. The summed E-state index contributed by atoms with van der Waals surface area (Å²) < 4.78 is 5.31. The number of amides is 1. The maximum absolute atomic E-state index is 12.7. The van der Waals surface area contributed by atoms with Crippen LogP contribution < -0.4 is 15.1 Å². The number of likely N-dealkylation sites (N-methyl/N-ethyl adjacent to an activating group) is 1. The molecule has 0 atom stereocenters. The van der Waals surface area contributed by atoms with Crippen LogP contribution in [-0.4, -0.2) is 80.2 Å². The van der Waals surface area contributed by atoms with E-state index in [2.05, 4.69) is 27.1 Å². The second kappa shape index (κ2) is 9.27. The molecule has 1 amide bonds. The summed E-state index contributed by atoms with van der Waals surface area (Å²) in [4.78, 5) is 34.7. The van der Waals surface area contributed by atoms with Gasteiger partial charge < -0.3 is 24.8 Å². The number of morpholine rings is 1. The van der Waals surface area contributed by atoms with Gasteiger partial charge in [0.25, 0.3) is 11.6 Å². The van der Waals surface area contributed by atoms with E-state index in [-0.39, 0.29) is 11.3 Å². The van der Waals surface area contributed by atoms with Gasteiger partial charge in [0.15, 0.2) is 0 Å². The summed E-state index contributed by atoms with van der Waals surface area (Å²) in [6.07, 6.45) is 1.61. The SMILES string of the molecule is CN1CCN(c2ccc(NC(=O)c3ccc(N4CCOCC4)c([N+](=O)[O-])c3)cn2)CC1. The van der Waals surface area contributed by atoms with Crippen LogP contribution in [0.4, 0.5) is 22.9 Å². The first kappa shape index (κ1) is 21.0. The molecule has 1 aromatic carbocycles. The highest BCUT2D eigenvalue weighted by atomic mass is 16.6. The lowest BCUT2D eigenvalue weighted by molar-refractivity contribution is -0.384. The van der Waals surface area contributed by atoms with E-state index in [0.29, 0.717) is 37.7 Å². The first-order chi connectivity index (χ1) is 15.0. The van der Waals surface area contributed by atoms with Crippen molar-refractivity contribution in [1.82, 2.24) is 9.88 Å². The lowest BCUT2D eigenvalue weighted by Gasteiger charge is -2.33.